The Balaban J connectivity index is 1.93. The zero-order valence-electron chi connectivity index (χ0n) is 8.69. The fourth-order valence-electron chi connectivity index (χ4n) is 1.46. The molecule has 86 valence electrons. The molecule has 0 radical (unpaired) electrons. The largest absolute Gasteiger partial charge is 0.378 e. The number of amides is 1. The highest BCUT2D eigenvalue weighted by atomic mass is 79.9. The number of morpholine rings is 1. The average Bonchev–Trinajstić information content (AvgIpc) is 2.73. The number of hydrogen-bond donors (Lipinski definition) is 0. The van der Waals surface area contributed by atoms with Gasteiger partial charge in [0.2, 0.25) is 5.91 Å². The first kappa shape index (κ1) is 11.8. The number of halogens is 1. The van der Waals surface area contributed by atoms with Gasteiger partial charge in [0.25, 0.3) is 0 Å². The third-order valence-corrected chi connectivity index (χ3v) is 3.90. The molecule has 16 heavy (non-hydrogen) atoms. The molecular formula is C11H12BrNO2S. The van der Waals surface area contributed by atoms with E-state index in [1.54, 1.807) is 17.4 Å². The maximum absolute atomic E-state index is 11.8. The third kappa shape index (κ3) is 3.17. The molecule has 1 amide bonds. The van der Waals surface area contributed by atoms with Gasteiger partial charge in [-0.2, -0.15) is 0 Å². The summed E-state index contributed by atoms with van der Waals surface area (Å²) in [5, 5.41) is 0. The smallest absolute Gasteiger partial charge is 0.246 e. The molecule has 1 aromatic heterocycles. The van der Waals surface area contributed by atoms with Crippen molar-refractivity contribution in [2.45, 2.75) is 0 Å². The molecule has 0 aromatic carbocycles. The fourth-order valence-corrected chi connectivity index (χ4v) is 2.79. The van der Waals surface area contributed by atoms with Crippen LogP contribution in [0, 0.1) is 0 Å². The summed E-state index contributed by atoms with van der Waals surface area (Å²) in [7, 11) is 0. The Kier molecular flexibility index (Phi) is 4.15. The Morgan fingerprint density at radius 1 is 1.44 bits per heavy atom. The van der Waals surface area contributed by atoms with E-state index in [-0.39, 0.29) is 5.91 Å². The van der Waals surface area contributed by atoms with Crippen molar-refractivity contribution in [3.63, 3.8) is 0 Å². The molecule has 0 atom stereocenters. The van der Waals surface area contributed by atoms with E-state index >= 15 is 0 Å². The minimum Gasteiger partial charge on any atom is -0.378 e. The predicted molar refractivity (Wildman–Crippen MR) is 68.5 cm³/mol. The van der Waals surface area contributed by atoms with Crippen molar-refractivity contribution >= 4 is 39.2 Å². The first-order valence-electron chi connectivity index (χ1n) is 5.06. The van der Waals surface area contributed by atoms with E-state index in [1.165, 1.54) is 0 Å². The van der Waals surface area contributed by atoms with Crippen molar-refractivity contribution in [2.24, 2.45) is 0 Å². The molecular weight excluding hydrogens is 290 g/mol. The number of hydrogen-bond acceptors (Lipinski definition) is 3. The van der Waals surface area contributed by atoms with Gasteiger partial charge in [-0.3, -0.25) is 4.79 Å². The fraction of sp³-hybridized carbons (Fsp3) is 0.364. The van der Waals surface area contributed by atoms with Crippen molar-refractivity contribution in [3.05, 3.63) is 26.9 Å². The lowest BCUT2D eigenvalue weighted by Crippen LogP contribution is -2.39. The maximum atomic E-state index is 11.8. The third-order valence-electron chi connectivity index (χ3n) is 2.31. The van der Waals surface area contributed by atoms with Crippen LogP contribution in [-0.4, -0.2) is 37.1 Å². The normalized spacial score (nSPS) is 16.9. The van der Waals surface area contributed by atoms with Crippen molar-refractivity contribution < 1.29 is 9.53 Å². The van der Waals surface area contributed by atoms with Crippen LogP contribution in [0.5, 0.6) is 0 Å². The van der Waals surface area contributed by atoms with Gasteiger partial charge in [0.15, 0.2) is 0 Å². The monoisotopic (exact) mass is 301 g/mol. The van der Waals surface area contributed by atoms with Gasteiger partial charge in [-0.25, -0.2) is 0 Å². The van der Waals surface area contributed by atoms with E-state index in [1.807, 2.05) is 23.1 Å². The van der Waals surface area contributed by atoms with E-state index in [0.29, 0.717) is 26.3 Å². The summed E-state index contributed by atoms with van der Waals surface area (Å²) >= 11 is 5.00. The second kappa shape index (κ2) is 5.61. The van der Waals surface area contributed by atoms with Crippen LogP contribution in [0.15, 0.2) is 22.0 Å². The Labute approximate surface area is 107 Å². The standard InChI is InChI=1S/C11H12BrNO2S/c12-10-3-1-9(16-10)2-4-11(14)13-5-7-15-8-6-13/h1-4H,5-8H2. The van der Waals surface area contributed by atoms with Gasteiger partial charge in [-0.05, 0) is 34.1 Å². The summed E-state index contributed by atoms with van der Waals surface area (Å²) in [6.45, 7) is 2.67. The van der Waals surface area contributed by atoms with Gasteiger partial charge in [0.05, 0.1) is 17.0 Å². The van der Waals surface area contributed by atoms with Crippen LogP contribution in [-0.2, 0) is 9.53 Å². The topological polar surface area (TPSA) is 29.5 Å². The molecule has 0 spiro atoms. The van der Waals surface area contributed by atoms with E-state index in [0.717, 1.165) is 8.66 Å². The van der Waals surface area contributed by atoms with Crippen molar-refractivity contribution in [3.8, 4) is 0 Å². The summed E-state index contributed by atoms with van der Waals surface area (Å²) in [6.07, 6.45) is 3.48. The van der Waals surface area contributed by atoms with Gasteiger partial charge < -0.3 is 9.64 Å². The molecule has 1 aliphatic rings. The lowest BCUT2D eigenvalue weighted by Gasteiger charge is -2.25. The Morgan fingerprint density at radius 3 is 2.81 bits per heavy atom. The van der Waals surface area contributed by atoms with Gasteiger partial charge in [-0.15, -0.1) is 11.3 Å². The molecule has 0 aliphatic carbocycles. The first-order chi connectivity index (χ1) is 7.75. The Hall–Kier alpha value is -0.650. The molecule has 1 aliphatic heterocycles. The van der Waals surface area contributed by atoms with E-state index in [4.69, 9.17) is 4.74 Å². The van der Waals surface area contributed by atoms with Crippen LogP contribution in [0.4, 0.5) is 0 Å². The number of carbonyl (C=O) groups is 1. The van der Waals surface area contributed by atoms with Crippen LogP contribution in [0.1, 0.15) is 4.88 Å². The van der Waals surface area contributed by atoms with Crippen LogP contribution >= 0.6 is 27.3 Å². The zero-order chi connectivity index (χ0) is 11.4. The van der Waals surface area contributed by atoms with Gasteiger partial charge in [0, 0.05) is 24.0 Å². The highest BCUT2D eigenvalue weighted by Crippen LogP contribution is 2.23. The molecule has 2 rings (SSSR count). The Morgan fingerprint density at radius 2 is 2.19 bits per heavy atom. The number of nitrogens with zero attached hydrogens (tertiary/aromatic N) is 1. The van der Waals surface area contributed by atoms with E-state index < -0.39 is 0 Å². The molecule has 2 heterocycles. The second-order valence-corrected chi connectivity index (χ2v) is 5.91. The molecule has 1 aromatic rings. The van der Waals surface area contributed by atoms with Crippen molar-refractivity contribution in [2.75, 3.05) is 26.3 Å². The SMILES string of the molecule is O=C(C=Cc1ccc(Br)s1)N1CCOCC1. The van der Waals surface area contributed by atoms with Crippen molar-refractivity contribution in [1.82, 2.24) is 4.90 Å². The van der Waals surface area contributed by atoms with Crippen LogP contribution in [0.25, 0.3) is 6.08 Å². The molecule has 0 bridgehead atoms. The van der Waals surface area contributed by atoms with Crippen LogP contribution < -0.4 is 0 Å². The molecule has 5 heteroatoms. The molecule has 0 N–H and O–H groups in total. The number of thiophene rings is 1. The summed E-state index contributed by atoms with van der Waals surface area (Å²) < 4.78 is 6.27. The van der Waals surface area contributed by atoms with Crippen LogP contribution in [0.2, 0.25) is 0 Å². The number of rotatable bonds is 2. The summed E-state index contributed by atoms with van der Waals surface area (Å²) in [6, 6.07) is 3.96. The Bertz CT molecular complexity index is 396. The lowest BCUT2D eigenvalue weighted by molar-refractivity contribution is -0.129. The first-order valence-corrected chi connectivity index (χ1v) is 6.67. The molecule has 0 unspecified atom stereocenters. The second-order valence-electron chi connectivity index (χ2n) is 3.41. The van der Waals surface area contributed by atoms with Crippen molar-refractivity contribution in [1.29, 1.82) is 0 Å². The molecule has 3 nitrogen and oxygen atoms in total. The number of carbonyl (C=O) groups excluding carboxylic acids is 1. The quantitative estimate of drug-likeness (QED) is 0.785. The van der Waals surface area contributed by atoms with Gasteiger partial charge in [0.1, 0.15) is 0 Å². The van der Waals surface area contributed by atoms with Gasteiger partial charge >= 0.3 is 0 Å². The minimum atomic E-state index is 0.0628. The van der Waals surface area contributed by atoms with Crippen LogP contribution in [0.3, 0.4) is 0 Å². The maximum Gasteiger partial charge on any atom is 0.246 e. The zero-order valence-corrected chi connectivity index (χ0v) is 11.1. The van der Waals surface area contributed by atoms with E-state index in [9.17, 15) is 4.79 Å². The van der Waals surface area contributed by atoms with E-state index in [2.05, 4.69) is 15.9 Å². The summed E-state index contributed by atoms with van der Waals surface area (Å²) in [5.41, 5.74) is 0. The molecule has 1 saturated heterocycles. The average molecular weight is 302 g/mol. The highest BCUT2D eigenvalue weighted by molar-refractivity contribution is 9.11. The summed E-state index contributed by atoms with van der Waals surface area (Å²) in [4.78, 5) is 14.6. The predicted octanol–water partition coefficient (Wildman–Crippen LogP) is 2.38. The summed E-state index contributed by atoms with van der Waals surface area (Å²) in [5.74, 6) is 0.0628. The molecule has 0 saturated carbocycles. The molecule has 1 fully saturated rings. The number of ether oxygens (including phenoxy) is 1. The minimum absolute atomic E-state index is 0.0628. The van der Waals surface area contributed by atoms with Gasteiger partial charge in [-0.1, -0.05) is 0 Å². The highest BCUT2D eigenvalue weighted by Gasteiger charge is 2.13. The lowest BCUT2D eigenvalue weighted by atomic mass is 10.3.